The van der Waals surface area contributed by atoms with Crippen LogP contribution in [0.1, 0.15) is 40.0 Å². The van der Waals surface area contributed by atoms with Gasteiger partial charge in [0.2, 0.25) is 0 Å². The lowest BCUT2D eigenvalue weighted by atomic mass is 9.96. The molecule has 0 radical (unpaired) electrons. The second kappa shape index (κ2) is 8.66. The van der Waals surface area contributed by atoms with Crippen LogP contribution < -0.4 is 0 Å². The van der Waals surface area contributed by atoms with Crippen molar-refractivity contribution in [2.45, 2.75) is 70.6 Å². The molecule has 0 amide bonds. The standard InChI is InChI=1S/C16H28O5/c1-10(2)7-8-12(17)11(3)5-4-6-14-16(20)15(19)13(18)9-21-14/h5,7,12-20H,4,6,8-9H2,1-3H3/b11-5+/t12-,13-,14+,15-,16+/m0/s1. The van der Waals surface area contributed by atoms with Crippen molar-refractivity contribution in [2.75, 3.05) is 6.61 Å². The van der Waals surface area contributed by atoms with Crippen molar-refractivity contribution in [2.24, 2.45) is 0 Å². The minimum Gasteiger partial charge on any atom is -0.388 e. The van der Waals surface area contributed by atoms with Gasteiger partial charge in [-0.2, -0.15) is 0 Å². The Morgan fingerprint density at radius 1 is 1.14 bits per heavy atom. The molecule has 1 aliphatic rings. The molecule has 5 nitrogen and oxygen atoms in total. The van der Waals surface area contributed by atoms with Crippen LogP contribution in [0.2, 0.25) is 0 Å². The molecule has 0 aromatic carbocycles. The van der Waals surface area contributed by atoms with E-state index in [1.165, 1.54) is 5.57 Å². The quantitative estimate of drug-likeness (QED) is 0.548. The largest absolute Gasteiger partial charge is 0.388 e. The number of aliphatic hydroxyl groups excluding tert-OH is 4. The first kappa shape index (κ1) is 18.3. The maximum absolute atomic E-state index is 9.97. The van der Waals surface area contributed by atoms with E-state index < -0.39 is 30.5 Å². The number of rotatable bonds is 6. The lowest BCUT2D eigenvalue weighted by Crippen LogP contribution is -2.52. The third-order valence-corrected chi connectivity index (χ3v) is 3.80. The average Bonchev–Trinajstić information content (AvgIpc) is 2.44. The predicted molar refractivity (Wildman–Crippen MR) is 80.8 cm³/mol. The van der Waals surface area contributed by atoms with Gasteiger partial charge in [-0.15, -0.1) is 0 Å². The first-order valence-corrected chi connectivity index (χ1v) is 7.46. The Morgan fingerprint density at radius 3 is 2.43 bits per heavy atom. The third kappa shape index (κ3) is 5.88. The number of allylic oxidation sites excluding steroid dienone is 2. The molecule has 0 bridgehead atoms. The summed E-state index contributed by atoms with van der Waals surface area (Å²) < 4.78 is 5.33. The molecule has 1 saturated heterocycles. The Bertz CT molecular complexity index is 373. The molecule has 5 heteroatoms. The molecule has 0 unspecified atom stereocenters. The van der Waals surface area contributed by atoms with Gasteiger partial charge in [-0.05, 0) is 45.6 Å². The SMILES string of the molecule is CC(C)=CC[C@H](O)/C(C)=C/CC[C@H]1OC[C@H](O)[C@H](O)[C@@H]1O. The van der Waals surface area contributed by atoms with Crippen molar-refractivity contribution < 1.29 is 25.2 Å². The van der Waals surface area contributed by atoms with Crippen LogP contribution in [-0.4, -0.2) is 57.6 Å². The highest BCUT2D eigenvalue weighted by Crippen LogP contribution is 2.20. The van der Waals surface area contributed by atoms with E-state index >= 15 is 0 Å². The highest BCUT2D eigenvalue weighted by Gasteiger charge is 2.36. The molecule has 5 atom stereocenters. The molecule has 1 fully saturated rings. The Hall–Kier alpha value is -0.720. The molecule has 1 aliphatic heterocycles. The topological polar surface area (TPSA) is 90.2 Å². The Kier molecular flexibility index (Phi) is 7.56. The monoisotopic (exact) mass is 300 g/mol. The summed E-state index contributed by atoms with van der Waals surface area (Å²) in [5.74, 6) is 0. The fourth-order valence-corrected chi connectivity index (χ4v) is 2.27. The Labute approximate surface area is 126 Å². The fraction of sp³-hybridized carbons (Fsp3) is 0.750. The van der Waals surface area contributed by atoms with E-state index in [2.05, 4.69) is 0 Å². The summed E-state index contributed by atoms with van der Waals surface area (Å²) in [5.41, 5.74) is 2.06. The zero-order valence-corrected chi connectivity index (χ0v) is 13.1. The number of ether oxygens (including phenoxy) is 1. The molecular formula is C16H28O5. The van der Waals surface area contributed by atoms with Gasteiger partial charge >= 0.3 is 0 Å². The molecule has 4 N–H and O–H groups in total. The molecule has 0 aromatic rings. The zero-order chi connectivity index (χ0) is 16.0. The smallest absolute Gasteiger partial charge is 0.111 e. The van der Waals surface area contributed by atoms with Crippen LogP contribution in [0.5, 0.6) is 0 Å². The van der Waals surface area contributed by atoms with Crippen LogP contribution in [0.4, 0.5) is 0 Å². The summed E-state index contributed by atoms with van der Waals surface area (Å²) in [6, 6.07) is 0. The fourth-order valence-electron chi connectivity index (χ4n) is 2.27. The summed E-state index contributed by atoms with van der Waals surface area (Å²) in [6.45, 7) is 5.90. The second-order valence-electron chi connectivity index (χ2n) is 5.98. The first-order valence-electron chi connectivity index (χ1n) is 7.46. The predicted octanol–water partition coefficient (Wildman–Crippen LogP) is 0.912. The van der Waals surface area contributed by atoms with Gasteiger partial charge in [0, 0.05) is 0 Å². The summed E-state index contributed by atoms with van der Waals surface area (Å²) in [7, 11) is 0. The van der Waals surface area contributed by atoms with Gasteiger partial charge in [-0.3, -0.25) is 0 Å². The van der Waals surface area contributed by atoms with Crippen molar-refractivity contribution in [3.63, 3.8) is 0 Å². The van der Waals surface area contributed by atoms with E-state index in [0.717, 1.165) is 5.57 Å². The first-order chi connectivity index (χ1) is 9.82. The molecule has 0 saturated carbocycles. The van der Waals surface area contributed by atoms with E-state index in [0.29, 0.717) is 19.3 Å². The van der Waals surface area contributed by atoms with Crippen molar-refractivity contribution >= 4 is 0 Å². The molecule has 0 aromatic heterocycles. The van der Waals surface area contributed by atoms with Crippen LogP contribution in [0.25, 0.3) is 0 Å². The highest BCUT2D eigenvalue weighted by atomic mass is 16.5. The highest BCUT2D eigenvalue weighted by molar-refractivity contribution is 5.08. The van der Waals surface area contributed by atoms with Crippen molar-refractivity contribution in [3.05, 3.63) is 23.3 Å². The zero-order valence-electron chi connectivity index (χ0n) is 13.1. The van der Waals surface area contributed by atoms with E-state index in [4.69, 9.17) is 4.74 Å². The maximum atomic E-state index is 9.97. The van der Waals surface area contributed by atoms with E-state index in [1.807, 2.05) is 32.9 Å². The van der Waals surface area contributed by atoms with Crippen molar-refractivity contribution in [3.8, 4) is 0 Å². The van der Waals surface area contributed by atoms with Gasteiger partial charge in [0.05, 0.1) is 18.8 Å². The van der Waals surface area contributed by atoms with Crippen molar-refractivity contribution in [1.82, 2.24) is 0 Å². The minimum absolute atomic E-state index is 0.0365. The van der Waals surface area contributed by atoms with E-state index in [9.17, 15) is 20.4 Å². The minimum atomic E-state index is -1.16. The molecule has 21 heavy (non-hydrogen) atoms. The van der Waals surface area contributed by atoms with Crippen LogP contribution in [-0.2, 0) is 4.74 Å². The van der Waals surface area contributed by atoms with Gasteiger partial charge in [0.1, 0.15) is 18.3 Å². The number of aliphatic hydroxyl groups is 4. The van der Waals surface area contributed by atoms with Crippen LogP contribution in [0, 0.1) is 0 Å². The van der Waals surface area contributed by atoms with Crippen molar-refractivity contribution in [1.29, 1.82) is 0 Å². The molecule has 0 aliphatic carbocycles. The summed E-state index contributed by atoms with van der Waals surface area (Å²) in [5, 5.41) is 38.7. The summed E-state index contributed by atoms with van der Waals surface area (Å²) in [4.78, 5) is 0. The summed E-state index contributed by atoms with van der Waals surface area (Å²) in [6.07, 6.45) is 1.46. The molecule has 122 valence electrons. The van der Waals surface area contributed by atoms with Crippen LogP contribution >= 0.6 is 0 Å². The van der Waals surface area contributed by atoms with Gasteiger partial charge in [0.25, 0.3) is 0 Å². The third-order valence-electron chi connectivity index (χ3n) is 3.80. The average molecular weight is 300 g/mol. The van der Waals surface area contributed by atoms with Gasteiger partial charge in [-0.25, -0.2) is 0 Å². The lowest BCUT2D eigenvalue weighted by Gasteiger charge is -2.35. The lowest BCUT2D eigenvalue weighted by molar-refractivity contribution is -0.187. The molecular weight excluding hydrogens is 272 g/mol. The molecule has 0 spiro atoms. The van der Waals surface area contributed by atoms with Crippen LogP contribution in [0.15, 0.2) is 23.3 Å². The van der Waals surface area contributed by atoms with Crippen LogP contribution in [0.3, 0.4) is 0 Å². The van der Waals surface area contributed by atoms with E-state index in [-0.39, 0.29) is 6.61 Å². The number of hydrogen-bond donors (Lipinski definition) is 4. The normalized spacial score (nSPS) is 31.9. The maximum Gasteiger partial charge on any atom is 0.111 e. The van der Waals surface area contributed by atoms with Gasteiger partial charge < -0.3 is 25.2 Å². The molecule has 1 rings (SSSR count). The Balaban J connectivity index is 2.41. The Morgan fingerprint density at radius 2 is 1.81 bits per heavy atom. The second-order valence-corrected chi connectivity index (χ2v) is 5.98. The van der Waals surface area contributed by atoms with Gasteiger partial charge in [0.15, 0.2) is 0 Å². The number of hydrogen-bond acceptors (Lipinski definition) is 5. The summed E-state index contributed by atoms with van der Waals surface area (Å²) >= 11 is 0. The van der Waals surface area contributed by atoms with Gasteiger partial charge in [-0.1, -0.05) is 17.7 Å². The molecule has 1 heterocycles. The van der Waals surface area contributed by atoms with E-state index in [1.54, 1.807) is 0 Å².